The number of rotatable bonds is 6. The molecule has 0 radical (unpaired) electrons. The van der Waals surface area contributed by atoms with Crippen molar-refractivity contribution >= 4 is 11.7 Å². The maximum Gasteiger partial charge on any atom is 0.254 e. The third kappa shape index (κ3) is 4.20. The fraction of sp³-hybridized carbons (Fsp3) is 0.579. The van der Waals surface area contributed by atoms with E-state index in [-0.39, 0.29) is 11.9 Å². The minimum Gasteiger partial charge on any atom is -0.370 e. The first-order valence-corrected chi connectivity index (χ1v) is 9.40. The molecule has 2 N–H and O–H groups in total. The highest BCUT2D eigenvalue weighted by molar-refractivity contribution is 5.95. The molecule has 7 nitrogen and oxygen atoms in total. The number of nitrogens with zero attached hydrogens (tertiary/aromatic N) is 4. The lowest BCUT2D eigenvalue weighted by atomic mass is 9.94. The highest BCUT2D eigenvalue weighted by Crippen LogP contribution is 2.23. The Morgan fingerprint density at radius 3 is 2.92 bits per heavy atom. The van der Waals surface area contributed by atoms with Crippen LogP contribution in [0, 0.1) is 12.8 Å². The summed E-state index contributed by atoms with van der Waals surface area (Å²) >= 11 is 0. The van der Waals surface area contributed by atoms with Crippen molar-refractivity contribution in [2.24, 2.45) is 5.92 Å². The number of amides is 1. The largest absolute Gasteiger partial charge is 0.370 e. The third-order valence-corrected chi connectivity index (χ3v) is 4.67. The average molecular weight is 356 g/mol. The van der Waals surface area contributed by atoms with Crippen molar-refractivity contribution in [1.82, 2.24) is 25.1 Å². The fourth-order valence-electron chi connectivity index (χ4n) is 3.35. The van der Waals surface area contributed by atoms with Gasteiger partial charge in [0.15, 0.2) is 0 Å². The summed E-state index contributed by atoms with van der Waals surface area (Å²) in [6.45, 7) is 9.63. The molecular weight excluding hydrogens is 328 g/mol. The van der Waals surface area contributed by atoms with Gasteiger partial charge in [-0.15, -0.1) is 0 Å². The number of fused-ring (bicyclic) bond motifs is 1. The molecule has 0 fully saturated rings. The molecule has 7 heteroatoms. The molecule has 1 aliphatic heterocycles. The second-order valence-electron chi connectivity index (χ2n) is 7.24. The smallest absolute Gasteiger partial charge is 0.254 e. The lowest BCUT2D eigenvalue weighted by molar-refractivity contribution is 0.0941. The van der Waals surface area contributed by atoms with Crippen LogP contribution < -0.4 is 10.6 Å². The Labute approximate surface area is 154 Å². The maximum absolute atomic E-state index is 12.4. The van der Waals surface area contributed by atoms with Crippen LogP contribution in [0.5, 0.6) is 0 Å². The number of hydrogen-bond acceptors (Lipinski definition) is 5. The van der Waals surface area contributed by atoms with Gasteiger partial charge in [-0.05, 0) is 46.0 Å². The SMILES string of the molecule is CCc1cc(NC[C@@H]2CCn3ncc(C(=O)NC(C)C)c3C2)nc(C)n1. The Kier molecular flexibility index (Phi) is 5.54. The van der Waals surface area contributed by atoms with Crippen molar-refractivity contribution in [3.05, 3.63) is 35.0 Å². The van der Waals surface area contributed by atoms with E-state index in [1.165, 1.54) is 0 Å². The van der Waals surface area contributed by atoms with Crippen LogP contribution in [-0.2, 0) is 19.4 Å². The van der Waals surface area contributed by atoms with Crippen LogP contribution in [0.4, 0.5) is 5.82 Å². The number of aryl methyl sites for hydroxylation is 3. The van der Waals surface area contributed by atoms with Gasteiger partial charge in [-0.25, -0.2) is 9.97 Å². The molecule has 2 aromatic rings. The zero-order chi connectivity index (χ0) is 18.7. The molecule has 0 saturated heterocycles. The molecular formula is C19H28N6O. The van der Waals surface area contributed by atoms with E-state index in [2.05, 4.69) is 32.6 Å². The predicted molar refractivity (Wildman–Crippen MR) is 101 cm³/mol. The Morgan fingerprint density at radius 1 is 1.38 bits per heavy atom. The van der Waals surface area contributed by atoms with E-state index >= 15 is 0 Å². The van der Waals surface area contributed by atoms with E-state index in [4.69, 9.17) is 0 Å². The number of hydrogen-bond donors (Lipinski definition) is 2. The van der Waals surface area contributed by atoms with Crippen molar-refractivity contribution < 1.29 is 4.79 Å². The molecule has 1 atom stereocenters. The predicted octanol–water partition coefficient (Wildman–Crippen LogP) is 2.36. The number of anilines is 1. The van der Waals surface area contributed by atoms with Crippen LogP contribution in [0.25, 0.3) is 0 Å². The summed E-state index contributed by atoms with van der Waals surface area (Å²) < 4.78 is 1.97. The van der Waals surface area contributed by atoms with Crippen molar-refractivity contribution in [3.63, 3.8) is 0 Å². The lowest BCUT2D eigenvalue weighted by Crippen LogP contribution is -2.32. The van der Waals surface area contributed by atoms with Crippen LogP contribution in [0.3, 0.4) is 0 Å². The number of carbonyl (C=O) groups excluding carboxylic acids is 1. The summed E-state index contributed by atoms with van der Waals surface area (Å²) in [7, 11) is 0. The van der Waals surface area contributed by atoms with Gasteiger partial charge in [0.05, 0.1) is 17.5 Å². The summed E-state index contributed by atoms with van der Waals surface area (Å²) in [6, 6.07) is 2.13. The van der Waals surface area contributed by atoms with Crippen LogP contribution >= 0.6 is 0 Å². The highest BCUT2D eigenvalue weighted by atomic mass is 16.1. The fourth-order valence-corrected chi connectivity index (χ4v) is 3.35. The molecule has 1 aliphatic rings. The first-order valence-electron chi connectivity index (χ1n) is 9.40. The van der Waals surface area contributed by atoms with Gasteiger partial charge in [0.25, 0.3) is 5.91 Å². The molecule has 0 saturated carbocycles. The van der Waals surface area contributed by atoms with Gasteiger partial charge >= 0.3 is 0 Å². The van der Waals surface area contributed by atoms with E-state index in [9.17, 15) is 4.79 Å². The second kappa shape index (κ2) is 7.85. The van der Waals surface area contributed by atoms with Crippen molar-refractivity contribution in [2.75, 3.05) is 11.9 Å². The van der Waals surface area contributed by atoms with Crippen LogP contribution in [-0.4, -0.2) is 38.2 Å². The first-order chi connectivity index (χ1) is 12.5. The number of carbonyl (C=O) groups is 1. The van der Waals surface area contributed by atoms with Crippen LogP contribution in [0.1, 0.15) is 54.8 Å². The van der Waals surface area contributed by atoms with Gasteiger partial charge in [-0.3, -0.25) is 9.48 Å². The van der Waals surface area contributed by atoms with E-state index in [0.717, 1.165) is 55.4 Å². The van der Waals surface area contributed by atoms with E-state index in [0.29, 0.717) is 11.5 Å². The summed E-state index contributed by atoms with van der Waals surface area (Å²) in [5, 5.41) is 10.8. The maximum atomic E-state index is 12.4. The first kappa shape index (κ1) is 18.4. The Balaban J connectivity index is 1.66. The minimum atomic E-state index is -0.0335. The molecule has 140 valence electrons. The van der Waals surface area contributed by atoms with Gasteiger partial charge < -0.3 is 10.6 Å². The van der Waals surface area contributed by atoms with E-state index < -0.39 is 0 Å². The van der Waals surface area contributed by atoms with Gasteiger partial charge in [0.2, 0.25) is 0 Å². The van der Waals surface area contributed by atoms with Gasteiger partial charge in [0, 0.05) is 30.9 Å². The third-order valence-electron chi connectivity index (χ3n) is 4.67. The highest BCUT2D eigenvalue weighted by Gasteiger charge is 2.25. The normalized spacial score (nSPS) is 16.4. The summed E-state index contributed by atoms with van der Waals surface area (Å²) in [6.07, 6.45) is 4.48. The van der Waals surface area contributed by atoms with Crippen molar-refractivity contribution in [3.8, 4) is 0 Å². The zero-order valence-corrected chi connectivity index (χ0v) is 16.0. The lowest BCUT2D eigenvalue weighted by Gasteiger charge is -2.24. The molecule has 0 unspecified atom stereocenters. The monoisotopic (exact) mass is 356 g/mol. The standard InChI is InChI=1S/C19H28N6O/c1-5-15-9-18(24-13(4)23-15)20-10-14-6-7-25-17(8-14)16(11-21-25)19(26)22-12(2)3/h9,11-12,14H,5-8,10H2,1-4H3,(H,22,26)(H,20,23,24)/t14-/m1/s1. The van der Waals surface area contributed by atoms with Crippen LogP contribution in [0.2, 0.25) is 0 Å². The summed E-state index contributed by atoms with van der Waals surface area (Å²) in [5.74, 6) is 2.09. The molecule has 0 spiro atoms. The molecule has 3 heterocycles. The molecule has 0 aliphatic carbocycles. The molecule has 0 bridgehead atoms. The number of nitrogens with one attached hydrogen (secondary N) is 2. The molecule has 26 heavy (non-hydrogen) atoms. The van der Waals surface area contributed by atoms with E-state index in [1.807, 2.05) is 31.5 Å². The summed E-state index contributed by atoms with van der Waals surface area (Å²) in [4.78, 5) is 21.3. The quantitative estimate of drug-likeness (QED) is 0.830. The topological polar surface area (TPSA) is 84.7 Å². The van der Waals surface area contributed by atoms with Gasteiger partial charge in [0.1, 0.15) is 11.6 Å². The second-order valence-corrected chi connectivity index (χ2v) is 7.24. The molecule has 1 amide bonds. The average Bonchev–Trinajstić information content (AvgIpc) is 3.02. The number of aromatic nitrogens is 4. The zero-order valence-electron chi connectivity index (χ0n) is 16.0. The van der Waals surface area contributed by atoms with Crippen LogP contribution in [0.15, 0.2) is 12.3 Å². The molecule has 0 aromatic carbocycles. The minimum absolute atomic E-state index is 0.0335. The van der Waals surface area contributed by atoms with Crippen molar-refractivity contribution in [1.29, 1.82) is 0 Å². The summed E-state index contributed by atoms with van der Waals surface area (Å²) in [5.41, 5.74) is 2.79. The van der Waals surface area contributed by atoms with Gasteiger partial charge in [-0.2, -0.15) is 5.10 Å². The van der Waals surface area contributed by atoms with E-state index in [1.54, 1.807) is 6.20 Å². The molecule has 3 rings (SSSR count). The Hall–Kier alpha value is -2.44. The Bertz CT molecular complexity index is 782. The van der Waals surface area contributed by atoms with Crippen molar-refractivity contribution in [2.45, 2.75) is 59.5 Å². The molecule has 2 aromatic heterocycles. The Morgan fingerprint density at radius 2 is 2.19 bits per heavy atom. The van der Waals surface area contributed by atoms with Gasteiger partial charge in [-0.1, -0.05) is 6.92 Å².